The van der Waals surface area contributed by atoms with Crippen molar-refractivity contribution in [2.24, 2.45) is 17.6 Å². The monoisotopic (exact) mass is 459 g/mol. The third kappa shape index (κ3) is 2.67. The van der Waals surface area contributed by atoms with Crippen molar-refractivity contribution < 1.29 is 39.9 Å². The number of nitrogens with zero attached hydrogens (tertiary/aromatic N) is 1. The lowest BCUT2D eigenvalue weighted by atomic mass is 9.54. The van der Waals surface area contributed by atoms with E-state index >= 15 is 0 Å². The van der Waals surface area contributed by atoms with Gasteiger partial charge in [-0.05, 0) is 27.2 Å². The minimum Gasteiger partial charge on any atom is -0.507 e. The van der Waals surface area contributed by atoms with Crippen molar-refractivity contribution in [2.75, 3.05) is 21.1 Å². The van der Waals surface area contributed by atoms with E-state index in [4.69, 9.17) is 5.73 Å². The number of fused-ring (bicyclic) bond motifs is 3. The molecule has 0 spiro atoms. The maximum Gasteiger partial charge on any atom is 0.235 e. The fourth-order valence-electron chi connectivity index (χ4n) is 5.64. The topological polar surface area (TPSA) is 194 Å². The Morgan fingerprint density at radius 1 is 1.09 bits per heavy atom. The number of benzene rings is 2. The smallest absolute Gasteiger partial charge is 0.235 e. The predicted octanol–water partition coefficient (Wildman–Crippen LogP) is -1.21. The number of aliphatic hydroxyl groups excluding tert-OH is 2. The fraction of sp³-hybridized carbons (Fsp3) is 0.409. The van der Waals surface area contributed by atoms with Crippen LogP contribution in [0.5, 0.6) is 17.2 Å². The largest absolute Gasteiger partial charge is 0.507 e. The number of aromatic hydroxyl groups is 3. The second kappa shape index (κ2) is 7.39. The number of likely N-dealkylation sites (N-methyl/N-ethyl adjacent to an activating group) is 2. The van der Waals surface area contributed by atoms with Crippen LogP contribution in [0.25, 0.3) is 10.8 Å². The highest BCUT2D eigenvalue weighted by molar-refractivity contribution is 6.24. The minimum atomic E-state index is -2.13. The van der Waals surface area contributed by atoms with Crippen molar-refractivity contribution in [1.29, 1.82) is 0 Å². The Bertz CT molecular complexity index is 1210. The third-order valence-corrected chi connectivity index (χ3v) is 7.04. The molecule has 0 saturated heterocycles. The van der Waals surface area contributed by atoms with Crippen molar-refractivity contribution >= 4 is 28.2 Å². The summed E-state index contributed by atoms with van der Waals surface area (Å²) < 4.78 is 0. The first kappa shape index (κ1) is 22.9. The minimum absolute atomic E-state index is 0.000615. The number of rotatable bonds is 3. The van der Waals surface area contributed by atoms with Gasteiger partial charge in [-0.15, -0.1) is 0 Å². The molecule has 11 heteroatoms. The Balaban J connectivity index is 2.14. The van der Waals surface area contributed by atoms with E-state index in [9.17, 15) is 39.9 Å². The number of aliphatic hydroxyl groups is 2. The molecule has 1 saturated carbocycles. The van der Waals surface area contributed by atoms with E-state index in [2.05, 4.69) is 5.32 Å². The average molecular weight is 459 g/mol. The quantitative estimate of drug-likeness (QED) is 0.216. The van der Waals surface area contributed by atoms with Crippen molar-refractivity contribution in [3.63, 3.8) is 0 Å². The van der Waals surface area contributed by atoms with Crippen LogP contribution in [0.15, 0.2) is 18.2 Å². The highest BCUT2D eigenvalue weighted by Crippen LogP contribution is 2.59. The number of nitrogens with one attached hydrogen (secondary N) is 1. The van der Waals surface area contributed by atoms with Crippen LogP contribution >= 0.6 is 0 Å². The summed E-state index contributed by atoms with van der Waals surface area (Å²) in [5, 5.41) is 57.8. The Morgan fingerprint density at radius 3 is 2.27 bits per heavy atom. The summed E-state index contributed by atoms with van der Waals surface area (Å²) in [6.45, 7) is 0. The lowest BCUT2D eigenvalue weighted by Gasteiger charge is -2.56. The maximum atomic E-state index is 13.6. The van der Waals surface area contributed by atoms with Crippen LogP contribution in [0, 0.1) is 11.8 Å². The van der Waals surface area contributed by atoms with Gasteiger partial charge >= 0.3 is 0 Å². The Labute approximate surface area is 188 Å². The molecule has 0 heterocycles. The second-order valence-corrected chi connectivity index (χ2v) is 8.73. The number of ketones is 2. The molecular formula is C22H25N3O8. The van der Waals surface area contributed by atoms with Crippen molar-refractivity contribution in [3.05, 3.63) is 29.3 Å². The summed E-state index contributed by atoms with van der Waals surface area (Å²) in [5.41, 5.74) is 2.57. The summed E-state index contributed by atoms with van der Waals surface area (Å²) >= 11 is 0. The summed E-state index contributed by atoms with van der Waals surface area (Å²) in [4.78, 5) is 40.2. The van der Waals surface area contributed by atoms with Gasteiger partial charge in [0, 0.05) is 22.4 Å². The Kier molecular flexibility index (Phi) is 5.13. The summed E-state index contributed by atoms with van der Waals surface area (Å²) in [6.07, 6.45) is -3.66. The van der Waals surface area contributed by atoms with Gasteiger partial charge < -0.3 is 36.6 Å². The number of carbonyl (C=O) groups is 3. The molecule has 0 bridgehead atoms. The molecule has 6 atom stereocenters. The van der Waals surface area contributed by atoms with Crippen LogP contribution in [-0.4, -0.2) is 80.6 Å². The van der Waals surface area contributed by atoms with Crippen LogP contribution in [0.4, 0.5) is 0 Å². The van der Waals surface area contributed by atoms with E-state index in [-0.39, 0.29) is 16.3 Å². The molecule has 8 N–H and O–H groups in total. The molecule has 0 aromatic heterocycles. The number of amides is 1. The van der Waals surface area contributed by atoms with E-state index in [1.54, 1.807) is 0 Å². The van der Waals surface area contributed by atoms with Gasteiger partial charge in [-0.25, -0.2) is 0 Å². The van der Waals surface area contributed by atoms with Crippen molar-refractivity contribution in [2.45, 2.75) is 23.8 Å². The summed E-state index contributed by atoms with van der Waals surface area (Å²) in [7, 11) is 4.31. The van der Waals surface area contributed by atoms with Crippen molar-refractivity contribution in [1.82, 2.24) is 10.2 Å². The molecule has 33 heavy (non-hydrogen) atoms. The number of hydrogen-bond donors (Lipinski definition) is 7. The number of nitrogens with two attached hydrogens (primary N) is 1. The van der Waals surface area contributed by atoms with Crippen LogP contribution in [0.3, 0.4) is 0 Å². The number of phenols is 3. The normalized spacial score (nSPS) is 31.5. The van der Waals surface area contributed by atoms with Gasteiger partial charge in [-0.2, -0.15) is 0 Å². The number of carbonyl (C=O) groups excluding carboxylic acids is 3. The number of hydrogen-bond acceptors (Lipinski definition) is 10. The second-order valence-electron chi connectivity index (χ2n) is 8.73. The first-order valence-electron chi connectivity index (χ1n) is 10.2. The van der Waals surface area contributed by atoms with Gasteiger partial charge in [0.05, 0.1) is 17.5 Å². The van der Waals surface area contributed by atoms with E-state index in [1.165, 1.54) is 44.2 Å². The SMILES string of the molecule is CNC12C(=O)C(C(N)=O)C(=O)[C@@H](N(C)C)[C@@H]1[C@@H](O)c1c(c(O)c3c(O)cccc3c1O)C2O. The van der Waals surface area contributed by atoms with Crippen LogP contribution in [0.2, 0.25) is 0 Å². The van der Waals surface area contributed by atoms with Crippen LogP contribution in [0.1, 0.15) is 23.3 Å². The van der Waals surface area contributed by atoms with Gasteiger partial charge in [-0.1, -0.05) is 12.1 Å². The first-order valence-corrected chi connectivity index (χ1v) is 10.2. The van der Waals surface area contributed by atoms with E-state index in [1.807, 2.05) is 0 Å². The van der Waals surface area contributed by atoms with Gasteiger partial charge in [0.25, 0.3) is 0 Å². The Morgan fingerprint density at radius 2 is 1.73 bits per heavy atom. The lowest BCUT2D eigenvalue weighted by Crippen LogP contribution is -2.75. The molecule has 3 unspecified atom stereocenters. The molecule has 0 aliphatic heterocycles. The number of phenolic OH excluding ortho intramolecular Hbond substituents is 3. The molecule has 2 aliphatic rings. The van der Waals surface area contributed by atoms with Gasteiger partial charge in [0.15, 0.2) is 17.5 Å². The van der Waals surface area contributed by atoms with Crippen LogP contribution in [-0.2, 0) is 14.4 Å². The maximum absolute atomic E-state index is 13.6. The zero-order chi connectivity index (χ0) is 24.6. The molecule has 11 nitrogen and oxygen atoms in total. The number of primary amides is 1. The number of Topliss-reactive ketones (excluding diaryl/α,β-unsaturated/α-hetero) is 2. The summed E-state index contributed by atoms with van der Waals surface area (Å²) in [6, 6.07) is 2.81. The average Bonchev–Trinajstić information content (AvgIpc) is 2.73. The van der Waals surface area contributed by atoms with Gasteiger partial charge in [0.2, 0.25) is 5.91 Å². The highest BCUT2D eigenvalue weighted by Gasteiger charge is 2.68. The first-order chi connectivity index (χ1) is 15.4. The standard InChI is InChI=1S/C22H25N3O8/c1-24-22-13(14(25(2)3)18(30)12(20(22)32)21(23)33)17(29)10-11(19(22)31)16(28)9-7(15(10)27)5-4-6-8(9)26/h4-6,12-14,17,19,24,26-29,31H,1-3H3,(H2,23,33)/t12?,13-,14+,17+,19?,22?/m1/s1. The zero-order valence-electron chi connectivity index (χ0n) is 18.1. The van der Waals surface area contributed by atoms with Gasteiger partial charge in [0.1, 0.15) is 28.9 Å². The highest BCUT2D eigenvalue weighted by atomic mass is 16.3. The molecular weight excluding hydrogens is 434 g/mol. The van der Waals surface area contributed by atoms with Gasteiger partial charge in [-0.3, -0.25) is 19.3 Å². The molecule has 176 valence electrons. The molecule has 2 aromatic carbocycles. The van der Waals surface area contributed by atoms with E-state index in [0.29, 0.717) is 0 Å². The molecule has 2 aliphatic carbocycles. The predicted molar refractivity (Wildman–Crippen MR) is 114 cm³/mol. The van der Waals surface area contributed by atoms with E-state index < -0.39 is 75.9 Å². The van der Waals surface area contributed by atoms with Crippen molar-refractivity contribution in [3.8, 4) is 17.2 Å². The molecule has 2 aromatic rings. The third-order valence-electron chi connectivity index (χ3n) is 7.04. The lowest BCUT2D eigenvalue weighted by molar-refractivity contribution is -0.168. The zero-order valence-corrected chi connectivity index (χ0v) is 18.1. The molecule has 1 fully saturated rings. The molecule has 1 amide bonds. The fourth-order valence-corrected chi connectivity index (χ4v) is 5.64. The van der Waals surface area contributed by atoms with E-state index in [0.717, 1.165) is 0 Å². The summed E-state index contributed by atoms with van der Waals surface area (Å²) in [5.74, 6) is -7.97. The molecule has 0 radical (unpaired) electrons. The van der Waals surface area contributed by atoms with Crippen LogP contribution < -0.4 is 11.1 Å². The molecule has 4 rings (SSSR count). The Hall–Kier alpha value is -3.25.